The van der Waals surface area contributed by atoms with Gasteiger partial charge in [-0.15, -0.1) is 0 Å². The average molecular weight is 697 g/mol. The molecule has 0 radical (unpaired) electrons. The number of fused-ring (bicyclic) bond motifs is 2. The van der Waals surface area contributed by atoms with E-state index in [0.717, 1.165) is 40.3 Å². The molecule has 0 saturated heterocycles. The van der Waals surface area contributed by atoms with E-state index >= 15 is 0 Å². The molecule has 0 bridgehead atoms. The second kappa shape index (κ2) is 14.4. The van der Waals surface area contributed by atoms with Gasteiger partial charge in [-0.05, 0) is 62.7 Å². The van der Waals surface area contributed by atoms with Gasteiger partial charge in [0, 0.05) is 60.1 Å². The number of carbonyl (C=O) groups excluding carboxylic acids is 1. The SMILES string of the molecule is CCN1\C(=C/C=C/C=C/C2=[N+](CCCSC(C)=O)c3ccc(S(=O)(=O)[O-])cc3C2(C)C)C(C)(C)c2cc(S(=O)(=O)[O-])ccc21.[K+]. The summed E-state index contributed by atoms with van der Waals surface area (Å²) >= 11 is 1.26. The number of rotatable bonds is 10. The number of carbonyl (C=O) groups is 1. The van der Waals surface area contributed by atoms with Crippen LogP contribution in [0, 0.1) is 0 Å². The van der Waals surface area contributed by atoms with Crippen molar-refractivity contribution in [3.8, 4) is 0 Å². The third kappa shape index (κ3) is 8.02. The fourth-order valence-electron chi connectivity index (χ4n) is 6.00. The van der Waals surface area contributed by atoms with Gasteiger partial charge >= 0.3 is 51.4 Å². The van der Waals surface area contributed by atoms with Crippen LogP contribution < -0.4 is 56.3 Å². The third-order valence-corrected chi connectivity index (χ3v) is 10.7. The molecule has 0 amide bonds. The normalized spacial score (nSPS) is 18.1. The molecule has 2 aromatic rings. The summed E-state index contributed by atoms with van der Waals surface area (Å²) < 4.78 is 72.4. The van der Waals surface area contributed by atoms with Crippen LogP contribution in [-0.4, -0.2) is 60.2 Å². The quantitative estimate of drug-likeness (QED) is 0.121. The zero-order valence-electron chi connectivity index (χ0n) is 26.7. The van der Waals surface area contributed by atoms with Gasteiger partial charge in [-0.3, -0.25) is 4.79 Å². The van der Waals surface area contributed by atoms with Gasteiger partial charge in [-0.1, -0.05) is 43.8 Å². The topological polar surface area (TPSA) is 138 Å². The maximum absolute atomic E-state index is 11.8. The molecule has 0 atom stereocenters. The first kappa shape index (κ1) is 38.1. The molecule has 236 valence electrons. The molecule has 2 heterocycles. The number of thioether (sulfide) groups is 1. The molecule has 0 saturated carbocycles. The van der Waals surface area contributed by atoms with Gasteiger partial charge in [-0.2, -0.15) is 4.58 Å². The number of hydrogen-bond acceptors (Lipinski definition) is 9. The number of likely N-dealkylation sites (N-methyl/N-ethyl adjacent to an activating group) is 1. The maximum Gasteiger partial charge on any atom is 1.00 e. The van der Waals surface area contributed by atoms with E-state index in [1.165, 1.54) is 43.0 Å². The first-order valence-electron chi connectivity index (χ1n) is 14.2. The van der Waals surface area contributed by atoms with E-state index in [2.05, 4.69) is 9.48 Å². The van der Waals surface area contributed by atoms with Crippen LogP contribution >= 0.6 is 11.8 Å². The van der Waals surface area contributed by atoms with Crippen LogP contribution in [0.2, 0.25) is 0 Å². The first-order valence-corrected chi connectivity index (χ1v) is 18.0. The average Bonchev–Trinajstić information content (AvgIpc) is 3.27. The van der Waals surface area contributed by atoms with Crippen LogP contribution in [0.4, 0.5) is 11.4 Å². The number of benzene rings is 2. The van der Waals surface area contributed by atoms with Crippen molar-refractivity contribution in [2.45, 2.75) is 68.6 Å². The molecule has 2 aromatic carbocycles. The molecule has 0 fully saturated rings. The molecule has 2 aliphatic rings. The van der Waals surface area contributed by atoms with Crippen LogP contribution in [0.25, 0.3) is 0 Å². The Morgan fingerprint density at radius 3 is 2.09 bits per heavy atom. The Hall–Kier alpha value is -1.39. The van der Waals surface area contributed by atoms with Gasteiger partial charge in [0.15, 0.2) is 10.8 Å². The summed E-state index contributed by atoms with van der Waals surface area (Å²) in [6, 6.07) is 8.96. The van der Waals surface area contributed by atoms with E-state index in [-0.39, 0.29) is 66.3 Å². The van der Waals surface area contributed by atoms with E-state index in [1.807, 2.05) is 65.0 Å². The molecule has 0 aliphatic carbocycles. The fourth-order valence-corrected chi connectivity index (χ4v) is 7.55. The Labute approximate surface area is 313 Å². The predicted molar refractivity (Wildman–Crippen MR) is 172 cm³/mol. The zero-order valence-corrected chi connectivity index (χ0v) is 32.2. The summed E-state index contributed by atoms with van der Waals surface area (Å²) in [7, 11) is -9.20. The van der Waals surface area contributed by atoms with Gasteiger partial charge in [0.25, 0.3) is 0 Å². The van der Waals surface area contributed by atoms with Crippen LogP contribution in [0.1, 0.15) is 59.1 Å². The fraction of sp³-hybridized carbons (Fsp3) is 0.375. The second-order valence-corrected chi connectivity index (χ2v) is 15.8. The van der Waals surface area contributed by atoms with Crippen molar-refractivity contribution in [3.05, 3.63) is 83.6 Å². The zero-order chi connectivity index (χ0) is 32.7. The first-order chi connectivity index (χ1) is 20.4. The van der Waals surface area contributed by atoms with E-state index in [9.17, 15) is 30.7 Å². The molecule has 13 heteroatoms. The summed E-state index contributed by atoms with van der Waals surface area (Å²) in [4.78, 5) is 13.0. The summed E-state index contributed by atoms with van der Waals surface area (Å²) in [5, 5.41) is 0.0480. The molecule has 0 N–H and O–H groups in total. The molecular formula is C32H37KN2O7S3. The van der Waals surface area contributed by atoms with E-state index < -0.39 is 31.1 Å². The van der Waals surface area contributed by atoms with Crippen molar-refractivity contribution in [2.75, 3.05) is 23.7 Å². The molecule has 2 aliphatic heterocycles. The standard InChI is InChI=1S/C32H38N2O7S3.K/c1-7-33-27-16-14-23(43(36,37)38)20-25(27)31(3,4)29(33)12-9-8-10-13-30-32(5,6)26-21-24(44(39,40)41)15-17-28(26)34(30)18-11-19-42-22(2)35;/h8-10,12-17,20-21H,7,11,18-19H2,1-6H3,(H-,36,37,38,39,40,41);/q;+1/p-1. The summed E-state index contributed by atoms with van der Waals surface area (Å²) in [6.45, 7) is 12.7. The second-order valence-electron chi connectivity index (χ2n) is 11.8. The van der Waals surface area contributed by atoms with Crippen molar-refractivity contribution in [2.24, 2.45) is 0 Å². The Kier molecular flexibility index (Phi) is 12.2. The number of hydrogen-bond donors (Lipinski definition) is 0. The van der Waals surface area contributed by atoms with Crippen molar-refractivity contribution < 1.29 is 86.7 Å². The Morgan fingerprint density at radius 2 is 1.51 bits per heavy atom. The molecule has 0 spiro atoms. The Morgan fingerprint density at radius 1 is 0.911 bits per heavy atom. The maximum atomic E-state index is 11.8. The third-order valence-electron chi connectivity index (χ3n) is 8.18. The van der Waals surface area contributed by atoms with Crippen LogP contribution in [-0.2, 0) is 35.9 Å². The summed E-state index contributed by atoms with van der Waals surface area (Å²) in [6.07, 6.45) is 10.3. The smallest absolute Gasteiger partial charge is 0.744 e. The predicted octanol–water partition coefficient (Wildman–Crippen LogP) is 2.36. The van der Waals surface area contributed by atoms with Gasteiger partial charge in [0.05, 0.1) is 15.2 Å². The van der Waals surface area contributed by atoms with Gasteiger partial charge in [0.2, 0.25) is 5.69 Å². The minimum absolute atomic E-state index is 0. The van der Waals surface area contributed by atoms with Crippen LogP contribution in [0.15, 0.2) is 82.3 Å². The van der Waals surface area contributed by atoms with E-state index in [1.54, 1.807) is 12.1 Å². The molecule has 45 heavy (non-hydrogen) atoms. The van der Waals surface area contributed by atoms with Crippen LogP contribution in [0.3, 0.4) is 0 Å². The number of anilines is 1. The summed E-state index contributed by atoms with van der Waals surface area (Å²) in [5.41, 5.74) is 3.93. The minimum atomic E-state index is -4.62. The van der Waals surface area contributed by atoms with Gasteiger partial charge in [0.1, 0.15) is 26.8 Å². The van der Waals surface area contributed by atoms with Gasteiger partial charge < -0.3 is 14.0 Å². The molecular weight excluding hydrogens is 660 g/mol. The van der Waals surface area contributed by atoms with Crippen molar-refractivity contribution in [1.82, 2.24) is 0 Å². The molecule has 0 unspecified atom stereocenters. The van der Waals surface area contributed by atoms with Crippen molar-refractivity contribution in [1.29, 1.82) is 0 Å². The van der Waals surface area contributed by atoms with Gasteiger partial charge in [-0.25, -0.2) is 16.8 Å². The van der Waals surface area contributed by atoms with Crippen molar-refractivity contribution >= 4 is 54.2 Å². The minimum Gasteiger partial charge on any atom is -0.744 e. The monoisotopic (exact) mass is 696 g/mol. The molecule has 0 aromatic heterocycles. The number of allylic oxidation sites excluding steroid dienone is 6. The number of nitrogens with zero attached hydrogens (tertiary/aromatic N) is 2. The Bertz CT molecular complexity index is 1840. The van der Waals surface area contributed by atoms with E-state index in [4.69, 9.17) is 0 Å². The molecule has 4 rings (SSSR count). The largest absolute Gasteiger partial charge is 1.00 e. The Balaban J connectivity index is 0.00000552. The molecule has 9 nitrogen and oxygen atoms in total. The van der Waals surface area contributed by atoms with Crippen molar-refractivity contribution in [3.63, 3.8) is 0 Å². The van der Waals surface area contributed by atoms with E-state index in [0.29, 0.717) is 18.8 Å². The van der Waals surface area contributed by atoms with Crippen LogP contribution in [0.5, 0.6) is 0 Å². The summed E-state index contributed by atoms with van der Waals surface area (Å²) in [5.74, 6) is 0.646.